The lowest BCUT2D eigenvalue weighted by atomic mass is 10.2. The lowest BCUT2D eigenvalue weighted by Crippen LogP contribution is -2.10. The largest absolute Gasteiger partial charge is 0.288 e. The van der Waals surface area contributed by atoms with Gasteiger partial charge in [-0.3, -0.25) is 5.43 Å². The van der Waals surface area contributed by atoms with Crippen LogP contribution < -0.4 is 5.43 Å². The molecule has 0 radical (unpaired) electrons. The Balaban J connectivity index is 2.06. The maximum Gasteiger partial charge on any atom is 0.162 e. The second-order valence-electron chi connectivity index (χ2n) is 3.34. The van der Waals surface area contributed by atoms with E-state index in [4.69, 9.17) is 0 Å². The van der Waals surface area contributed by atoms with E-state index in [-0.39, 0.29) is 5.37 Å². The Labute approximate surface area is 87.2 Å². The smallest absolute Gasteiger partial charge is 0.162 e. The van der Waals surface area contributed by atoms with E-state index in [1.165, 1.54) is 0 Å². The molecule has 0 spiro atoms. The van der Waals surface area contributed by atoms with Crippen molar-refractivity contribution in [1.29, 1.82) is 0 Å². The maximum absolute atomic E-state index is 4.24. The summed E-state index contributed by atoms with van der Waals surface area (Å²) in [6.45, 7) is 4.25. The number of hydrogen-bond donors (Lipinski definition) is 1. The van der Waals surface area contributed by atoms with Crippen LogP contribution in [0.15, 0.2) is 23.6 Å². The number of rotatable bonds is 2. The summed E-state index contributed by atoms with van der Waals surface area (Å²) >= 11 is 1.69. The first-order valence-electron chi connectivity index (χ1n) is 4.54. The molecule has 1 aliphatic rings. The highest BCUT2D eigenvalue weighted by molar-refractivity contribution is 8.14. The van der Waals surface area contributed by atoms with Gasteiger partial charge < -0.3 is 0 Å². The summed E-state index contributed by atoms with van der Waals surface area (Å²) in [6.07, 6.45) is 3.50. The van der Waals surface area contributed by atoms with E-state index in [0.29, 0.717) is 5.92 Å². The van der Waals surface area contributed by atoms with Crippen molar-refractivity contribution in [2.75, 3.05) is 0 Å². The Morgan fingerprint density at radius 1 is 1.36 bits per heavy atom. The summed E-state index contributed by atoms with van der Waals surface area (Å²) in [5, 5.41) is 5.43. The fourth-order valence-electron chi connectivity index (χ4n) is 1.12. The van der Waals surface area contributed by atoms with Crippen molar-refractivity contribution in [2.45, 2.75) is 19.2 Å². The topological polar surface area (TPSA) is 50.2 Å². The van der Waals surface area contributed by atoms with Crippen LogP contribution >= 0.6 is 11.8 Å². The van der Waals surface area contributed by atoms with E-state index in [9.17, 15) is 0 Å². The molecule has 1 aromatic rings. The van der Waals surface area contributed by atoms with Gasteiger partial charge in [-0.05, 0) is 6.07 Å². The van der Waals surface area contributed by atoms with E-state index in [1.807, 2.05) is 6.07 Å². The molecule has 74 valence electrons. The third kappa shape index (κ3) is 1.87. The molecule has 0 saturated heterocycles. The standard InChI is InChI=1S/C9H12N4S/c1-6(2)8-12-13-9(14-8)7-10-4-3-5-11-7/h3-6,9,13H,1-2H3. The zero-order valence-electron chi connectivity index (χ0n) is 8.14. The first kappa shape index (κ1) is 9.45. The van der Waals surface area contributed by atoms with Gasteiger partial charge in [-0.2, -0.15) is 5.10 Å². The van der Waals surface area contributed by atoms with Gasteiger partial charge in [0.15, 0.2) is 11.2 Å². The summed E-state index contributed by atoms with van der Waals surface area (Å²) in [4.78, 5) is 8.37. The van der Waals surface area contributed by atoms with Crippen LogP contribution in [0.5, 0.6) is 0 Å². The number of hydrogen-bond acceptors (Lipinski definition) is 5. The van der Waals surface area contributed by atoms with Gasteiger partial charge in [0.1, 0.15) is 0 Å². The van der Waals surface area contributed by atoms with Crippen LogP contribution in [0, 0.1) is 5.92 Å². The van der Waals surface area contributed by atoms with E-state index in [0.717, 1.165) is 10.9 Å². The SMILES string of the molecule is CC(C)C1=NNC(c2ncccn2)S1. The molecule has 4 nitrogen and oxygen atoms in total. The van der Waals surface area contributed by atoms with Crippen molar-refractivity contribution >= 4 is 16.8 Å². The van der Waals surface area contributed by atoms with E-state index in [1.54, 1.807) is 24.2 Å². The zero-order valence-corrected chi connectivity index (χ0v) is 8.95. The Bertz CT molecular complexity index is 336. The molecule has 0 aliphatic carbocycles. The number of aromatic nitrogens is 2. The summed E-state index contributed by atoms with van der Waals surface area (Å²) < 4.78 is 0. The number of nitrogens with zero attached hydrogens (tertiary/aromatic N) is 3. The zero-order chi connectivity index (χ0) is 9.97. The van der Waals surface area contributed by atoms with Crippen LogP contribution in [-0.4, -0.2) is 15.0 Å². The average Bonchev–Trinajstić information content (AvgIpc) is 2.68. The van der Waals surface area contributed by atoms with Gasteiger partial charge in [0.2, 0.25) is 0 Å². The number of hydrazone groups is 1. The summed E-state index contributed by atoms with van der Waals surface area (Å²) in [5.41, 5.74) is 3.03. The molecule has 14 heavy (non-hydrogen) atoms. The minimum absolute atomic E-state index is 0.0774. The van der Waals surface area contributed by atoms with Crippen LogP contribution in [0.25, 0.3) is 0 Å². The van der Waals surface area contributed by atoms with Crippen LogP contribution in [0.1, 0.15) is 25.0 Å². The van der Waals surface area contributed by atoms with Gasteiger partial charge in [-0.1, -0.05) is 25.6 Å². The molecule has 0 bridgehead atoms. The highest BCUT2D eigenvalue weighted by Gasteiger charge is 2.24. The number of thioether (sulfide) groups is 1. The van der Waals surface area contributed by atoms with E-state index >= 15 is 0 Å². The summed E-state index contributed by atoms with van der Waals surface area (Å²) in [6, 6.07) is 1.81. The van der Waals surface area contributed by atoms with Gasteiger partial charge in [0.25, 0.3) is 0 Å². The average molecular weight is 208 g/mol. The van der Waals surface area contributed by atoms with E-state index < -0.39 is 0 Å². The van der Waals surface area contributed by atoms with Crippen LogP contribution in [0.4, 0.5) is 0 Å². The number of nitrogens with one attached hydrogen (secondary N) is 1. The fourth-order valence-corrected chi connectivity index (χ4v) is 2.07. The van der Waals surface area contributed by atoms with Crippen LogP contribution in [-0.2, 0) is 0 Å². The summed E-state index contributed by atoms with van der Waals surface area (Å²) in [5.74, 6) is 1.25. The van der Waals surface area contributed by atoms with Gasteiger partial charge in [0, 0.05) is 18.3 Å². The molecule has 0 fully saturated rings. The molecule has 1 atom stereocenters. The van der Waals surface area contributed by atoms with Gasteiger partial charge >= 0.3 is 0 Å². The van der Waals surface area contributed by atoms with Gasteiger partial charge in [-0.25, -0.2) is 9.97 Å². The second-order valence-corrected chi connectivity index (χ2v) is 4.46. The highest BCUT2D eigenvalue weighted by atomic mass is 32.2. The minimum atomic E-state index is 0.0774. The summed E-state index contributed by atoms with van der Waals surface area (Å²) in [7, 11) is 0. The fraction of sp³-hybridized carbons (Fsp3) is 0.444. The van der Waals surface area contributed by atoms with Crippen molar-refractivity contribution in [3.63, 3.8) is 0 Å². The third-order valence-electron chi connectivity index (χ3n) is 1.84. The molecule has 1 aromatic heterocycles. The third-order valence-corrected chi connectivity index (χ3v) is 3.20. The molecular weight excluding hydrogens is 196 g/mol. The van der Waals surface area contributed by atoms with Crippen molar-refractivity contribution in [1.82, 2.24) is 15.4 Å². The molecule has 1 unspecified atom stereocenters. The normalized spacial score (nSPS) is 20.8. The van der Waals surface area contributed by atoms with E-state index in [2.05, 4.69) is 34.3 Å². The molecule has 0 saturated carbocycles. The second kappa shape index (κ2) is 3.96. The molecule has 0 aromatic carbocycles. The highest BCUT2D eigenvalue weighted by Crippen LogP contribution is 2.31. The van der Waals surface area contributed by atoms with Crippen LogP contribution in [0.2, 0.25) is 0 Å². The molecule has 2 heterocycles. The Kier molecular flexibility index (Phi) is 2.67. The Morgan fingerprint density at radius 2 is 2.07 bits per heavy atom. The maximum atomic E-state index is 4.24. The molecule has 1 N–H and O–H groups in total. The first-order chi connectivity index (χ1) is 6.77. The lowest BCUT2D eigenvalue weighted by molar-refractivity contribution is 0.696. The lowest BCUT2D eigenvalue weighted by Gasteiger charge is -2.06. The van der Waals surface area contributed by atoms with Crippen molar-refractivity contribution in [3.05, 3.63) is 24.3 Å². The predicted octanol–water partition coefficient (Wildman–Crippen LogP) is 1.78. The Hall–Kier alpha value is -1.10. The minimum Gasteiger partial charge on any atom is -0.288 e. The first-order valence-corrected chi connectivity index (χ1v) is 5.42. The Morgan fingerprint density at radius 3 is 2.64 bits per heavy atom. The van der Waals surface area contributed by atoms with Crippen molar-refractivity contribution in [3.8, 4) is 0 Å². The molecule has 0 amide bonds. The molecule has 2 rings (SSSR count). The molecule has 5 heteroatoms. The molecular formula is C9H12N4S. The molecule has 1 aliphatic heterocycles. The van der Waals surface area contributed by atoms with Gasteiger partial charge in [-0.15, -0.1) is 0 Å². The monoisotopic (exact) mass is 208 g/mol. The van der Waals surface area contributed by atoms with Crippen LogP contribution in [0.3, 0.4) is 0 Å². The van der Waals surface area contributed by atoms with Gasteiger partial charge in [0.05, 0.1) is 5.04 Å². The van der Waals surface area contributed by atoms with Crippen molar-refractivity contribution in [2.24, 2.45) is 11.0 Å². The predicted molar refractivity (Wildman–Crippen MR) is 57.8 cm³/mol. The van der Waals surface area contributed by atoms with Crippen molar-refractivity contribution < 1.29 is 0 Å². The quantitative estimate of drug-likeness (QED) is 0.805.